The number of carboxylic acids is 1. The first-order valence-electron chi connectivity index (χ1n) is 6.69. The molecule has 0 heterocycles. The SMILES string of the molecule is CSCCCCCCNC(=O)N(C)CC(C)C(=O)O. The number of carbonyl (C=O) groups excluding carboxylic acids is 1. The van der Waals surface area contributed by atoms with E-state index in [0.717, 1.165) is 12.8 Å². The molecule has 0 spiro atoms. The van der Waals surface area contributed by atoms with Gasteiger partial charge in [-0.05, 0) is 24.9 Å². The van der Waals surface area contributed by atoms with E-state index in [9.17, 15) is 9.59 Å². The summed E-state index contributed by atoms with van der Waals surface area (Å²) in [6, 6.07) is -0.197. The molecule has 0 saturated carbocycles. The van der Waals surface area contributed by atoms with Crippen molar-refractivity contribution in [3.8, 4) is 0 Å². The number of urea groups is 1. The highest BCUT2D eigenvalue weighted by Crippen LogP contribution is 2.04. The molecule has 19 heavy (non-hydrogen) atoms. The maximum absolute atomic E-state index is 11.7. The van der Waals surface area contributed by atoms with Gasteiger partial charge in [-0.3, -0.25) is 4.79 Å². The molecule has 1 unspecified atom stereocenters. The zero-order valence-corrected chi connectivity index (χ0v) is 13.0. The van der Waals surface area contributed by atoms with Crippen molar-refractivity contribution in [1.82, 2.24) is 10.2 Å². The van der Waals surface area contributed by atoms with Crippen molar-refractivity contribution in [2.24, 2.45) is 5.92 Å². The fraction of sp³-hybridized carbons (Fsp3) is 0.846. The Morgan fingerprint density at radius 2 is 1.89 bits per heavy atom. The second-order valence-electron chi connectivity index (χ2n) is 4.76. The molecule has 0 aliphatic carbocycles. The number of carbonyl (C=O) groups is 2. The molecule has 0 fully saturated rings. The second kappa shape index (κ2) is 11.0. The molecular weight excluding hydrogens is 264 g/mol. The second-order valence-corrected chi connectivity index (χ2v) is 5.74. The first-order valence-corrected chi connectivity index (χ1v) is 8.09. The third kappa shape index (κ3) is 9.64. The van der Waals surface area contributed by atoms with Crippen LogP contribution >= 0.6 is 11.8 Å². The Hall–Kier alpha value is -0.910. The molecule has 0 aromatic heterocycles. The predicted octanol–water partition coefficient (Wildman–Crippen LogP) is 2.27. The van der Waals surface area contributed by atoms with Crippen molar-refractivity contribution in [2.45, 2.75) is 32.6 Å². The molecule has 0 saturated heterocycles. The Balaban J connectivity index is 3.60. The van der Waals surface area contributed by atoms with Gasteiger partial charge in [0, 0.05) is 20.1 Å². The van der Waals surface area contributed by atoms with Gasteiger partial charge in [-0.25, -0.2) is 4.79 Å². The van der Waals surface area contributed by atoms with Crippen LogP contribution in [0.25, 0.3) is 0 Å². The number of hydrogen-bond acceptors (Lipinski definition) is 3. The molecule has 5 nitrogen and oxygen atoms in total. The first-order chi connectivity index (χ1) is 8.99. The lowest BCUT2D eigenvalue weighted by molar-refractivity contribution is -0.141. The molecule has 1 atom stereocenters. The molecule has 0 radical (unpaired) electrons. The van der Waals surface area contributed by atoms with E-state index < -0.39 is 11.9 Å². The number of aliphatic carboxylic acids is 1. The predicted molar refractivity (Wildman–Crippen MR) is 79.7 cm³/mol. The highest BCUT2D eigenvalue weighted by molar-refractivity contribution is 7.98. The first kappa shape index (κ1) is 18.1. The molecule has 0 aromatic rings. The fourth-order valence-electron chi connectivity index (χ4n) is 1.63. The fourth-order valence-corrected chi connectivity index (χ4v) is 2.12. The van der Waals surface area contributed by atoms with Crippen LogP contribution in [0, 0.1) is 5.92 Å². The number of unbranched alkanes of at least 4 members (excludes halogenated alkanes) is 3. The number of nitrogens with zero attached hydrogens (tertiary/aromatic N) is 1. The van der Waals surface area contributed by atoms with Gasteiger partial charge in [-0.2, -0.15) is 11.8 Å². The summed E-state index contributed by atoms with van der Waals surface area (Å²) >= 11 is 1.86. The van der Waals surface area contributed by atoms with E-state index in [1.54, 1.807) is 14.0 Å². The molecule has 0 rings (SSSR count). The molecule has 6 heteroatoms. The summed E-state index contributed by atoms with van der Waals surface area (Å²) in [6.07, 6.45) is 6.63. The minimum Gasteiger partial charge on any atom is -0.481 e. The normalized spacial score (nSPS) is 11.9. The highest BCUT2D eigenvalue weighted by atomic mass is 32.2. The quantitative estimate of drug-likeness (QED) is 0.606. The Bertz CT molecular complexity index is 275. The molecule has 0 aromatic carbocycles. The van der Waals surface area contributed by atoms with E-state index in [1.807, 2.05) is 11.8 Å². The van der Waals surface area contributed by atoms with Gasteiger partial charge < -0.3 is 15.3 Å². The third-order valence-corrected chi connectivity index (χ3v) is 3.56. The van der Waals surface area contributed by atoms with Gasteiger partial charge in [0.2, 0.25) is 0 Å². The van der Waals surface area contributed by atoms with E-state index in [0.29, 0.717) is 6.54 Å². The van der Waals surface area contributed by atoms with Crippen LogP contribution in [0.5, 0.6) is 0 Å². The van der Waals surface area contributed by atoms with Crippen LogP contribution in [0.4, 0.5) is 4.79 Å². The standard InChI is InChI=1S/C13H26N2O3S/c1-11(12(16)17)10-15(2)13(18)14-8-6-4-5-7-9-19-3/h11H,4-10H2,1-3H3,(H,14,18)(H,16,17). The summed E-state index contributed by atoms with van der Waals surface area (Å²) in [5.41, 5.74) is 0. The Labute approximate surface area is 120 Å². The zero-order valence-electron chi connectivity index (χ0n) is 12.1. The number of hydrogen-bond donors (Lipinski definition) is 2. The number of carboxylic acid groups (broad SMARTS) is 1. The van der Waals surface area contributed by atoms with Crippen LogP contribution in [0.2, 0.25) is 0 Å². The van der Waals surface area contributed by atoms with Crippen LogP contribution in [-0.2, 0) is 4.79 Å². The molecule has 0 aliphatic rings. The van der Waals surface area contributed by atoms with Crippen molar-refractivity contribution in [1.29, 1.82) is 0 Å². The van der Waals surface area contributed by atoms with Crippen LogP contribution in [0.1, 0.15) is 32.6 Å². The topological polar surface area (TPSA) is 69.6 Å². The van der Waals surface area contributed by atoms with Gasteiger partial charge in [0.1, 0.15) is 0 Å². The lowest BCUT2D eigenvalue weighted by atomic mass is 10.2. The summed E-state index contributed by atoms with van der Waals surface area (Å²) in [6.45, 7) is 2.48. The summed E-state index contributed by atoms with van der Waals surface area (Å²) in [5.74, 6) is -0.224. The monoisotopic (exact) mass is 290 g/mol. The molecule has 0 aliphatic heterocycles. The van der Waals surface area contributed by atoms with E-state index in [2.05, 4.69) is 11.6 Å². The summed E-state index contributed by atoms with van der Waals surface area (Å²) in [4.78, 5) is 23.8. The smallest absolute Gasteiger partial charge is 0.317 e. The lowest BCUT2D eigenvalue weighted by Gasteiger charge is -2.19. The van der Waals surface area contributed by atoms with E-state index in [4.69, 9.17) is 5.11 Å². The summed E-state index contributed by atoms with van der Waals surface area (Å²) < 4.78 is 0. The zero-order chi connectivity index (χ0) is 14.7. The van der Waals surface area contributed by atoms with E-state index in [-0.39, 0.29) is 12.6 Å². The van der Waals surface area contributed by atoms with Crippen LogP contribution in [-0.4, -0.2) is 54.2 Å². The number of amides is 2. The van der Waals surface area contributed by atoms with Crippen LogP contribution in [0.15, 0.2) is 0 Å². The van der Waals surface area contributed by atoms with Crippen LogP contribution < -0.4 is 5.32 Å². The van der Waals surface area contributed by atoms with Gasteiger partial charge in [-0.15, -0.1) is 0 Å². The van der Waals surface area contributed by atoms with Crippen molar-refractivity contribution in [2.75, 3.05) is 32.1 Å². The Morgan fingerprint density at radius 3 is 2.47 bits per heavy atom. The molecule has 112 valence electrons. The molecule has 0 bridgehead atoms. The van der Waals surface area contributed by atoms with Gasteiger partial charge in [0.05, 0.1) is 5.92 Å². The Kier molecular flexibility index (Phi) is 10.4. The summed E-state index contributed by atoms with van der Waals surface area (Å²) in [7, 11) is 1.62. The largest absolute Gasteiger partial charge is 0.481 e. The third-order valence-electron chi connectivity index (χ3n) is 2.87. The number of nitrogens with one attached hydrogen (secondary N) is 1. The van der Waals surface area contributed by atoms with Crippen molar-refractivity contribution >= 4 is 23.8 Å². The van der Waals surface area contributed by atoms with Gasteiger partial charge in [0.25, 0.3) is 0 Å². The van der Waals surface area contributed by atoms with Crippen molar-refractivity contribution in [3.05, 3.63) is 0 Å². The molecule has 2 amide bonds. The average Bonchev–Trinajstić information content (AvgIpc) is 2.37. The minimum absolute atomic E-state index is 0.197. The van der Waals surface area contributed by atoms with E-state index in [1.165, 1.54) is 23.5 Å². The van der Waals surface area contributed by atoms with Crippen molar-refractivity contribution in [3.63, 3.8) is 0 Å². The van der Waals surface area contributed by atoms with Gasteiger partial charge in [-0.1, -0.05) is 19.8 Å². The van der Waals surface area contributed by atoms with Crippen LogP contribution in [0.3, 0.4) is 0 Å². The molecule has 2 N–H and O–H groups in total. The lowest BCUT2D eigenvalue weighted by Crippen LogP contribution is -2.41. The maximum Gasteiger partial charge on any atom is 0.317 e. The number of rotatable bonds is 10. The number of thioether (sulfide) groups is 1. The summed E-state index contributed by atoms with van der Waals surface area (Å²) in [5, 5.41) is 11.6. The Morgan fingerprint density at radius 1 is 1.26 bits per heavy atom. The highest BCUT2D eigenvalue weighted by Gasteiger charge is 2.16. The van der Waals surface area contributed by atoms with Crippen molar-refractivity contribution < 1.29 is 14.7 Å². The maximum atomic E-state index is 11.7. The average molecular weight is 290 g/mol. The van der Waals surface area contributed by atoms with Gasteiger partial charge in [0.15, 0.2) is 0 Å². The minimum atomic E-state index is -0.881. The molecular formula is C13H26N2O3S. The van der Waals surface area contributed by atoms with E-state index >= 15 is 0 Å². The van der Waals surface area contributed by atoms with Gasteiger partial charge >= 0.3 is 12.0 Å².